The highest BCUT2D eigenvalue weighted by Crippen LogP contribution is 2.39. The molecule has 708 valence electrons. The molecule has 36 heteroatoms. The normalized spacial score (nSPS) is 11.1. The molecule has 9 aromatic carbocycles. The molecule has 1 unspecified atom stereocenters. The molecule has 9 rings (SSSR count). The summed E-state index contributed by atoms with van der Waals surface area (Å²) in [6.07, 6.45) is 1.29. The molecular formula is C97H116N12O24. The smallest absolute Gasteiger partial charge is 0.310 e. The van der Waals surface area contributed by atoms with Crippen LogP contribution in [0.2, 0.25) is 0 Å². The van der Waals surface area contributed by atoms with Crippen LogP contribution in [0.4, 0.5) is 51.2 Å². The van der Waals surface area contributed by atoms with Gasteiger partial charge in [-0.2, -0.15) is 0 Å². The molecular weight excluding hydrogens is 1720 g/mol. The SMILES string of the molecule is CC(C)COc1cc(C(N)=O)ccc1NC(=O)c1ccc(NC(=O)c2ccc([N+](=O)[O-])c(OC(C)C)c2)c(OCC(C)C)c1.CCC(C)Oc1cc(C(=O)Nc2ccc(C(=O)Nc3ccc(C(N)=O)cc3OC(C)C)cc2OCC(C)C)ccc1[N+](=O)[O-].CCCCOc1cc(C(=O)Nc2ccc(C(=O)Nc3ccc(C(N)=O)cc3OCC(C)C)cc2OCC(C)C)ccc1[N+](=O)[O-]. The standard InChI is InChI=1S/C33H40N4O8.2C32H38N4O8/c1-6-7-14-43-30-17-24(10-13-27(30)37(41)42)33(40)36-26-12-9-23(16-29(26)45-19-21(4)5)32(39)35-25-11-8-22(31(34)38)15-28(25)44-18-20(2)3;1-18(2)16-42-27-13-21(30(33)37)7-10-24(27)34-31(38)22-8-11-25(28(14-22)43-17-19(3)4)35-32(39)23-9-12-26(36(40)41)29(15-23)44-20(5)6;1-7-20(6)44-29-16-23(10-13-26(29)36(40)41)32(39)34-24-12-9-22(15-27(24)42-17-18(2)3)31(38)35-25-11-8-21(30(33)37)14-28(25)43-19(4)5/h8-13,15-17,20-21H,6-7,14,18-19H2,1-5H3,(H2,34,38)(H,35,39)(H,36,40);7-15,18-20H,16-17H2,1-6H3,(H2,33,37)(H,34,38)(H,35,39);8-16,18-20H,7,17H2,1-6H3,(H2,33,37)(H,34,39)(H,35,38). The summed E-state index contributed by atoms with van der Waals surface area (Å²) in [7, 11) is 0. The molecule has 1 atom stereocenters. The van der Waals surface area contributed by atoms with Crippen molar-refractivity contribution in [3.63, 3.8) is 0 Å². The minimum atomic E-state index is -0.631. The summed E-state index contributed by atoms with van der Waals surface area (Å²) in [5.74, 6) is -2.54. The van der Waals surface area contributed by atoms with Gasteiger partial charge in [0.2, 0.25) is 17.7 Å². The second kappa shape index (κ2) is 50.0. The quantitative estimate of drug-likeness (QED) is 0.00973. The topological polar surface area (TPSA) is 516 Å². The molecule has 0 saturated carbocycles. The van der Waals surface area contributed by atoms with Crippen molar-refractivity contribution >= 4 is 104 Å². The summed E-state index contributed by atoms with van der Waals surface area (Å²) in [6.45, 7) is 34.2. The van der Waals surface area contributed by atoms with Crippen LogP contribution >= 0.6 is 0 Å². The highest BCUT2D eigenvalue weighted by Gasteiger charge is 2.28. The molecule has 9 aromatic rings. The van der Waals surface area contributed by atoms with Crippen LogP contribution < -0.4 is 91.7 Å². The number of primary amides is 3. The molecule has 0 aliphatic rings. The molecule has 0 fully saturated rings. The van der Waals surface area contributed by atoms with E-state index in [2.05, 4.69) is 31.9 Å². The zero-order chi connectivity index (χ0) is 98.2. The minimum absolute atomic E-state index is 0.00463. The molecule has 0 radical (unpaired) electrons. The fraction of sp³-hybridized carbons (Fsp3) is 0.351. The highest BCUT2D eigenvalue weighted by atomic mass is 16.6. The first-order valence-corrected chi connectivity index (χ1v) is 43.2. The van der Waals surface area contributed by atoms with Gasteiger partial charge < -0.3 is 91.7 Å². The molecule has 12 N–H and O–H groups in total. The molecule has 36 nitrogen and oxygen atoms in total. The van der Waals surface area contributed by atoms with E-state index in [0.717, 1.165) is 6.42 Å². The summed E-state index contributed by atoms with van der Waals surface area (Å²) in [5, 5.41) is 51.1. The number of carbonyl (C=O) groups excluding carboxylic acids is 9. The lowest BCUT2D eigenvalue weighted by molar-refractivity contribution is -0.386. The lowest BCUT2D eigenvalue weighted by Crippen LogP contribution is -2.18. The summed E-state index contributed by atoms with van der Waals surface area (Å²) < 4.78 is 52.2. The average molecular weight is 1830 g/mol. The van der Waals surface area contributed by atoms with Gasteiger partial charge in [-0.15, -0.1) is 0 Å². The molecule has 0 aliphatic heterocycles. The van der Waals surface area contributed by atoms with E-state index < -0.39 is 67.9 Å². The van der Waals surface area contributed by atoms with Crippen LogP contribution in [-0.2, 0) is 0 Å². The molecule has 0 heterocycles. The molecule has 0 aromatic heterocycles. The van der Waals surface area contributed by atoms with Crippen LogP contribution in [0.15, 0.2) is 164 Å². The number of anilines is 6. The molecule has 0 spiro atoms. The van der Waals surface area contributed by atoms with E-state index in [-0.39, 0.29) is 162 Å². The third-order valence-electron chi connectivity index (χ3n) is 18.5. The molecule has 133 heavy (non-hydrogen) atoms. The van der Waals surface area contributed by atoms with Gasteiger partial charge in [0.15, 0.2) is 17.2 Å². The third-order valence-corrected chi connectivity index (χ3v) is 18.5. The van der Waals surface area contributed by atoms with Crippen molar-refractivity contribution < 1.29 is 101 Å². The van der Waals surface area contributed by atoms with Crippen LogP contribution in [0, 0.1) is 59.9 Å². The Bertz CT molecular complexity index is 5690. The van der Waals surface area contributed by atoms with Crippen LogP contribution in [0.1, 0.15) is 230 Å². The van der Waals surface area contributed by atoms with Gasteiger partial charge >= 0.3 is 17.1 Å². The first-order chi connectivity index (χ1) is 62.9. The van der Waals surface area contributed by atoms with Gasteiger partial charge in [0.05, 0.1) is 107 Å². The largest absolute Gasteiger partial charge is 0.491 e. The van der Waals surface area contributed by atoms with Gasteiger partial charge in [0.1, 0.15) is 34.5 Å². The monoisotopic (exact) mass is 1830 g/mol. The number of unbranched alkanes of at least 4 members (excludes halogenated alkanes) is 1. The van der Waals surface area contributed by atoms with Crippen molar-refractivity contribution in [2.75, 3.05) is 71.5 Å². The molecule has 0 saturated heterocycles. The van der Waals surface area contributed by atoms with Crippen LogP contribution in [-0.4, -0.2) is 126 Å². The second-order valence-corrected chi connectivity index (χ2v) is 33.3. The number of nitro groups is 3. The van der Waals surface area contributed by atoms with Gasteiger partial charge in [-0.25, -0.2) is 0 Å². The first-order valence-electron chi connectivity index (χ1n) is 43.2. The number of nitrogens with two attached hydrogens (primary N) is 3. The van der Waals surface area contributed by atoms with E-state index in [1.54, 1.807) is 39.0 Å². The fourth-order valence-electron chi connectivity index (χ4n) is 11.6. The zero-order valence-electron chi connectivity index (χ0n) is 77.4. The predicted octanol–water partition coefficient (Wildman–Crippen LogP) is 18.7. The number of hydrogen-bond acceptors (Lipinski definition) is 24. The number of rotatable bonds is 44. The molecule has 0 aliphatic carbocycles. The van der Waals surface area contributed by atoms with Crippen LogP contribution in [0.5, 0.6) is 51.7 Å². The van der Waals surface area contributed by atoms with E-state index in [0.29, 0.717) is 91.5 Å². The van der Waals surface area contributed by atoms with Crippen molar-refractivity contribution in [3.05, 3.63) is 244 Å². The third kappa shape index (κ3) is 32.3. The number of carbonyl (C=O) groups is 9. The number of nitro benzene ring substituents is 3. The Hall–Kier alpha value is -15.4. The Labute approximate surface area is 770 Å². The summed E-state index contributed by atoms with van der Waals surface area (Å²) in [5.41, 5.74) is 19.3. The Kier molecular flexibility index (Phi) is 39.3. The minimum Gasteiger partial charge on any atom is -0.491 e. The average Bonchev–Trinajstić information content (AvgIpc) is 0.832. The first kappa shape index (κ1) is 105. The van der Waals surface area contributed by atoms with Crippen molar-refractivity contribution in [2.24, 2.45) is 46.8 Å². The van der Waals surface area contributed by atoms with Crippen molar-refractivity contribution in [1.82, 2.24) is 0 Å². The number of hydrogen-bond donors (Lipinski definition) is 9. The Morgan fingerprint density at radius 2 is 0.496 bits per heavy atom. The number of ether oxygens (including phenoxy) is 9. The second-order valence-electron chi connectivity index (χ2n) is 33.3. The van der Waals surface area contributed by atoms with Crippen LogP contribution in [0.3, 0.4) is 0 Å². The van der Waals surface area contributed by atoms with E-state index >= 15 is 0 Å². The maximum absolute atomic E-state index is 13.3. The van der Waals surface area contributed by atoms with Crippen LogP contribution in [0.25, 0.3) is 0 Å². The molecule has 9 amide bonds. The van der Waals surface area contributed by atoms with Gasteiger partial charge in [-0.1, -0.05) is 89.5 Å². The summed E-state index contributed by atoms with van der Waals surface area (Å²) in [4.78, 5) is 147. The Morgan fingerprint density at radius 1 is 0.286 bits per heavy atom. The van der Waals surface area contributed by atoms with Crippen molar-refractivity contribution in [3.8, 4) is 51.7 Å². The van der Waals surface area contributed by atoms with Gasteiger partial charge in [-0.05, 0) is 204 Å². The highest BCUT2D eigenvalue weighted by molar-refractivity contribution is 6.11. The Morgan fingerprint density at radius 3 is 0.737 bits per heavy atom. The number of nitrogens with one attached hydrogen (secondary N) is 6. The van der Waals surface area contributed by atoms with E-state index in [4.69, 9.17) is 59.8 Å². The Balaban J connectivity index is 0.000000272. The summed E-state index contributed by atoms with van der Waals surface area (Å²) >= 11 is 0. The predicted molar refractivity (Wildman–Crippen MR) is 505 cm³/mol. The van der Waals surface area contributed by atoms with E-state index in [1.165, 1.54) is 146 Å². The maximum atomic E-state index is 13.3. The lowest BCUT2D eigenvalue weighted by atomic mass is 10.1. The van der Waals surface area contributed by atoms with E-state index in [9.17, 15) is 73.5 Å². The number of benzene rings is 9. The summed E-state index contributed by atoms with van der Waals surface area (Å²) in [6, 6.07) is 38.9. The molecule has 0 bridgehead atoms. The lowest BCUT2D eigenvalue weighted by Gasteiger charge is -2.17. The number of amides is 9. The van der Waals surface area contributed by atoms with Gasteiger partial charge in [-0.3, -0.25) is 73.5 Å². The van der Waals surface area contributed by atoms with Crippen molar-refractivity contribution in [2.45, 2.75) is 155 Å². The van der Waals surface area contributed by atoms with Gasteiger partial charge in [0.25, 0.3) is 35.4 Å². The van der Waals surface area contributed by atoms with Gasteiger partial charge in [0, 0.05) is 86.5 Å². The fourth-order valence-corrected chi connectivity index (χ4v) is 11.6. The zero-order valence-corrected chi connectivity index (χ0v) is 77.4. The van der Waals surface area contributed by atoms with E-state index in [1.807, 2.05) is 96.9 Å². The maximum Gasteiger partial charge on any atom is 0.310 e. The number of nitrogens with zero attached hydrogens (tertiary/aromatic N) is 3. The van der Waals surface area contributed by atoms with Crippen molar-refractivity contribution in [1.29, 1.82) is 0 Å².